The normalized spacial score (nSPS) is 14.1. The summed E-state index contributed by atoms with van der Waals surface area (Å²) in [7, 11) is -9.90. The average molecular weight is 1450 g/mol. The first-order valence-electron chi connectivity index (χ1n) is 41.7. The molecule has 0 amide bonds. The lowest BCUT2D eigenvalue weighted by Crippen LogP contribution is -2.30. The third-order valence-electron chi connectivity index (χ3n) is 19.1. The monoisotopic (exact) mass is 1450 g/mol. The van der Waals surface area contributed by atoms with E-state index in [1.54, 1.807) is 0 Å². The molecule has 0 aliphatic carbocycles. The van der Waals surface area contributed by atoms with Gasteiger partial charge in [0.25, 0.3) is 0 Å². The van der Waals surface area contributed by atoms with Crippen LogP contribution in [-0.4, -0.2) is 96.7 Å². The van der Waals surface area contributed by atoms with Gasteiger partial charge in [0.05, 0.1) is 26.4 Å². The van der Waals surface area contributed by atoms with E-state index in [0.29, 0.717) is 25.7 Å². The molecule has 0 bridgehead atoms. The Balaban J connectivity index is 5.10. The van der Waals surface area contributed by atoms with Crippen LogP contribution >= 0.6 is 15.6 Å². The van der Waals surface area contributed by atoms with Gasteiger partial charge in [-0.15, -0.1) is 0 Å². The molecule has 0 saturated heterocycles. The molecule has 0 radical (unpaired) electrons. The van der Waals surface area contributed by atoms with E-state index < -0.39 is 97.5 Å². The molecule has 0 rings (SSSR count). The van der Waals surface area contributed by atoms with Gasteiger partial charge in [0.15, 0.2) is 12.2 Å². The number of esters is 4. The molecular formula is C80H156O17P2. The van der Waals surface area contributed by atoms with Gasteiger partial charge in [0, 0.05) is 25.7 Å². The number of aliphatic hydroxyl groups is 1. The van der Waals surface area contributed by atoms with E-state index in [2.05, 4.69) is 34.6 Å². The number of carbonyl (C=O) groups is 4. The van der Waals surface area contributed by atoms with Crippen molar-refractivity contribution in [3.8, 4) is 0 Å². The fourth-order valence-corrected chi connectivity index (χ4v) is 14.0. The zero-order valence-electron chi connectivity index (χ0n) is 64.6. The number of unbranched alkanes of at least 4 members (excludes halogenated alkanes) is 51. The van der Waals surface area contributed by atoms with Crippen molar-refractivity contribution in [2.24, 2.45) is 5.92 Å². The topological polar surface area (TPSA) is 237 Å². The highest BCUT2D eigenvalue weighted by molar-refractivity contribution is 7.47. The highest BCUT2D eigenvalue weighted by atomic mass is 31.2. The lowest BCUT2D eigenvalue weighted by molar-refractivity contribution is -0.161. The van der Waals surface area contributed by atoms with Gasteiger partial charge in [-0.1, -0.05) is 375 Å². The number of carbonyl (C=O) groups excluding carboxylic acids is 4. The van der Waals surface area contributed by atoms with Crippen molar-refractivity contribution in [2.45, 2.75) is 445 Å². The Kier molecular flexibility index (Phi) is 71.6. The van der Waals surface area contributed by atoms with Crippen molar-refractivity contribution < 1.29 is 80.2 Å². The smallest absolute Gasteiger partial charge is 0.462 e. The van der Waals surface area contributed by atoms with E-state index in [1.807, 2.05) is 0 Å². The minimum absolute atomic E-state index is 0.105. The molecule has 0 aromatic rings. The molecule has 17 nitrogen and oxygen atoms in total. The lowest BCUT2D eigenvalue weighted by Gasteiger charge is -2.21. The molecule has 0 spiro atoms. The number of aliphatic hydroxyl groups excluding tert-OH is 1. The van der Waals surface area contributed by atoms with Crippen LogP contribution in [0.4, 0.5) is 0 Å². The van der Waals surface area contributed by atoms with Gasteiger partial charge in [-0.2, -0.15) is 0 Å². The van der Waals surface area contributed by atoms with Crippen molar-refractivity contribution in [3.05, 3.63) is 0 Å². The quantitative estimate of drug-likeness (QED) is 0.0222. The summed E-state index contributed by atoms with van der Waals surface area (Å²) in [6.07, 6.45) is 64.5. The second-order valence-corrected chi connectivity index (χ2v) is 32.0. The molecule has 19 heteroatoms. The Bertz CT molecular complexity index is 1890. The summed E-state index contributed by atoms with van der Waals surface area (Å²) in [5, 5.41) is 10.6. The van der Waals surface area contributed by atoms with Crippen molar-refractivity contribution in [2.75, 3.05) is 39.6 Å². The standard InChI is InChI=1S/C80H156O17P2/c1-6-10-13-16-18-20-22-24-26-28-30-32-34-36-38-40-42-44-49-54-59-64-78(83)91-70-76(97-79(84)65-60-55-50-45-43-41-39-37-35-33-31-29-27-25-23-21-19-17-14-11-7-2)72-95-99(88,89)93-68-74(81)67-92-98(86,87)94-71-75(69-90-77(82)63-58-52-15-12-8-3)96-80(85)66-61-56-51-47-46-48-53-57-62-73(5)9-4/h73-76,81H,6-72H2,1-5H3,(H,86,87)(H,88,89)/t73?,74-,75+,76+/m0/s1. The second kappa shape index (κ2) is 73.0. The molecular weight excluding hydrogens is 1290 g/mol. The molecule has 0 aromatic carbocycles. The fourth-order valence-electron chi connectivity index (χ4n) is 12.4. The van der Waals surface area contributed by atoms with Crippen LogP contribution in [0.1, 0.15) is 426 Å². The van der Waals surface area contributed by atoms with Gasteiger partial charge in [-0.3, -0.25) is 37.3 Å². The van der Waals surface area contributed by atoms with Gasteiger partial charge in [-0.05, 0) is 31.6 Å². The maximum atomic E-state index is 13.1. The Morgan fingerprint density at radius 1 is 0.283 bits per heavy atom. The molecule has 0 saturated carbocycles. The highest BCUT2D eigenvalue weighted by Crippen LogP contribution is 2.45. The Morgan fingerprint density at radius 3 is 0.717 bits per heavy atom. The average Bonchev–Trinajstić information content (AvgIpc) is 1.07. The van der Waals surface area contributed by atoms with Crippen molar-refractivity contribution >= 4 is 39.5 Å². The van der Waals surface area contributed by atoms with Crippen molar-refractivity contribution in [1.82, 2.24) is 0 Å². The number of hydrogen-bond acceptors (Lipinski definition) is 15. The van der Waals surface area contributed by atoms with Crippen LogP contribution in [-0.2, 0) is 65.4 Å². The SMILES string of the molecule is CCCCCCCCCCCCCCCCCCCCCCCC(=O)OC[C@H](COP(=O)(O)OC[C@@H](O)COP(=O)(O)OC[C@@H](COC(=O)CCCCCCC)OC(=O)CCCCCCCCCCC(C)CC)OC(=O)CCCCCCCCCCCCCCCCCCCCCCC. The van der Waals surface area contributed by atoms with Gasteiger partial charge < -0.3 is 33.8 Å². The lowest BCUT2D eigenvalue weighted by atomic mass is 9.99. The van der Waals surface area contributed by atoms with Crippen LogP contribution in [0.25, 0.3) is 0 Å². The molecule has 0 fully saturated rings. The molecule has 0 aliphatic heterocycles. The van der Waals surface area contributed by atoms with Crippen LogP contribution in [0.15, 0.2) is 0 Å². The minimum Gasteiger partial charge on any atom is -0.462 e. The summed E-state index contributed by atoms with van der Waals surface area (Å²) in [5.41, 5.74) is 0. The number of phosphoric ester groups is 2. The van der Waals surface area contributed by atoms with Gasteiger partial charge in [-0.25, -0.2) is 9.13 Å². The van der Waals surface area contributed by atoms with E-state index in [4.69, 9.17) is 37.0 Å². The first-order chi connectivity index (χ1) is 48.1. The van der Waals surface area contributed by atoms with Crippen LogP contribution in [0.3, 0.4) is 0 Å². The van der Waals surface area contributed by atoms with Crippen LogP contribution in [0.2, 0.25) is 0 Å². The number of rotatable bonds is 80. The summed E-state index contributed by atoms with van der Waals surface area (Å²) < 4.78 is 68.4. The van der Waals surface area contributed by atoms with Gasteiger partial charge >= 0.3 is 39.5 Å². The van der Waals surface area contributed by atoms with Crippen molar-refractivity contribution in [3.63, 3.8) is 0 Å². The summed E-state index contributed by atoms with van der Waals surface area (Å²) >= 11 is 0. The zero-order chi connectivity index (χ0) is 72.7. The number of hydrogen-bond donors (Lipinski definition) is 3. The highest BCUT2D eigenvalue weighted by Gasteiger charge is 2.30. The maximum Gasteiger partial charge on any atom is 0.472 e. The number of ether oxygens (including phenoxy) is 4. The summed E-state index contributed by atoms with van der Waals surface area (Å²) in [4.78, 5) is 72.6. The first-order valence-corrected chi connectivity index (χ1v) is 44.7. The summed E-state index contributed by atoms with van der Waals surface area (Å²) in [6.45, 7) is 7.21. The summed E-state index contributed by atoms with van der Waals surface area (Å²) in [6, 6.07) is 0. The molecule has 99 heavy (non-hydrogen) atoms. The number of phosphoric acid groups is 2. The molecule has 0 aromatic heterocycles. The van der Waals surface area contributed by atoms with E-state index in [-0.39, 0.29) is 25.7 Å². The minimum atomic E-state index is -4.96. The largest absolute Gasteiger partial charge is 0.472 e. The predicted octanol–water partition coefficient (Wildman–Crippen LogP) is 24.0. The second-order valence-electron chi connectivity index (χ2n) is 29.1. The van der Waals surface area contributed by atoms with Crippen LogP contribution in [0, 0.1) is 5.92 Å². The third-order valence-corrected chi connectivity index (χ3v) is 21.0. The Labute approximate surface area is 607 Å². The Hall–Kier alpha value is -1.94. The molecule has 3 unspecified atom stereocenters. The molecule has 0 aliphatic rings. The van der Waals surface area contributed by atoms with E-state index >= 15 is 0 Å². The van der Waals surface area contributed by atoms with Crippen LogP contribution in [0.5, 0.6) is 0 Å². The van der Waals surface area contributed by atoms with Crippen molar-refractivity contribution in [1.29, 1.82) is 0 Å². The first kappa shape index (κ1) is 97.1. The maximum absolute atomic E-state index is 13.1. The van der Waals surface area contributed by atoms with E-state index in [9.17, 15) is 43.2 Å². The Morgan fingerprint density at radius 2 is 0.485 bits per heavy atom. The molecule has 0 heterocycles. The molecule has 6 atom stereocenters. The molecule has 3 N–H and O–H groups in total. The van der Waals surface area contributed by atoms with Gasteiger partial charge in [0.1, 0.15) is 19.3 Å². The fraction of sp³-hybridized carbons (Fsp3) is 0.950. The predicted molar refractivity (Wildman–Crippen MR) is 405 cm³/mol. The van der Waals surface area contributed by atoms with E-state index in [1.165, 1.54) is 244 Å². The third kappa shape index (κ3) is 72.8. The molecule has 588 valence electrons. The van der Waals surface area contributed by atoms with Gasteiger partial charge in [0.2, 0.25) is 0 Å². The summed E-state index contributed by atoms with van der Waals surface area (Å²) in [5.74, 6) is -1.35. The van der Waals surface area contributed by atoms with E-state index in [0.717, 1.165) is 102 Å². The van der Waals surface area contributed by atoms with Crippen LogP contribution < -0.4 is 0 Å². The zero-order valence-corrected chi connectivity index (χ0v) is 66.4.